The van der Waals surface area contributed by atoms with Crippen LogP contribution >= 0.6 is 15.9 Å². The minimum atomic E-state index is -3.15. The van der Waals surface area contributed by atoms with E-state index in [-0.39, 0.29) is 5.75 Å². The van der Waals surface area contributed by atoms with Crippen molar-refractivity contribution in [2.45, 2.75) is 18.6 Å². The quantitative estimate of drug-likeness (QED) is 0.778. The molecular weight excluding hydrogens is 314 g/mol. The molecule has 0 aliphatic carbocycles. The normalized spacial score (nSPS) is 21.3. The first-order valence-electron chi connectivity index (χ1n) is 6.19. The van der Waals surface area contributed by atoms with Gasteiger partial charge in [0.1, 0.15) is 0 Å². The molecule has 2 rings (SSSR count). The predicted molar refractivity (Wildman–Crippen MR) is 77.2 cm³/mol. The van der Waals surface area contributed by atoms with Gasteiger partial charge in [-0.05, 0) is 24.3 Å². The lowest BCUT2D eigenvalue weighted by Gasteiger charge is -2.16. The van der Waals surface area contributed by atoms with Gasteiger partial charge in [-0.25, -0.2) is 12.7 Å². The number of hydrogen-bond donors (Lipinski definition) is 0. The number of sulfonamides is 1. The zero-order valence-corrected chi connectivity index (χ0v) is 12.7. The summed E-state index contributed by atoms with van der Waals surface area (Å²) < 4.78 is 26.2. The van der Waals surface area contributed by atoms with E-state index in [0.717, 1.165) is 23.7 Å². The molecule has 3 nitrogen and oxygen atoms in total. The summed E-state index contributed by atoms with van der Waals surface area (Å²) in [6.45, 7) is 1.35. The third-order valence-electron chi connectivity index (χ3n) is 3.35. The van der Waals surface area contributed by atoms with Crippen molar-refractivity contribution < 1.29 is 8.42 Å². The van der Waals surface area contributed by atoms with Crippen LogP contribution in [-0.2, 0) is 15.8 Å². The highest BCUT2D eigenvalue weighted by Gasteiger charge is 2.30. The van der Waals surface area contributed by atoms with E-state index in [2.05, 4.69) is 15.9 Å². The maximum absolute atomic E-state index is 12.3. The van der Waals surface area contributed by atoms with Crippen molar-refractivity contribution >= 4 is 26.0 Å². The number of benzene rings is 1. The zero-order valence-electron chi connectivity index (χ0n) is 10.3. The van der Waals surface area contributed by atoms with Crippen LogP contribution < -0.4 is 0 Å². The van der Waals surface area contributed by atoms with E-state index in [1.165, 1.54) is 0 Å². The van der Waals surface area contributed by atoms with Crippen LogP contribution in [-0.4, -0.2) is 31.1 Å². The lowest BCUT2D eigenvalue weighted by Crippen LogP contribution is -2.30. The predicted octanol–water partition coefficient (Wildman–Crippen LogP) is 2.62. The van der Waals surface area contributed by atoms with E-state index < -0.39 is 10.0 Å². The number of rotatable bonds is 5. The smallest absolute Gasteiger partial charge is 0.212 e. The van der Waals surface area contributed by atoms with E-state index >= 15 is 0 Å². The molecule has 1 atom stereocenters. The molecule has 1 aromatic carbocycles. The lowest BCUT2D eigenvalue weighted by molar-refractivity contribution is 0.453. The van der Waals surface area contributed by atoms with Crippen LogP contribution in [0.3, 0.4) is 0 Å². The van der Waals surface area contributed by atoms with E-state index in [1.807, 2.05) is 30.3 Å². The Labute approximate surface area is 117 Å². The largest absolute Gasteiger partial charge is 0.218 e. The van der Waals surface area contributed by atoms with Crippen LogP contribution in [0.25, 0.3) is 0 Å². The minimum absolute atomic E-state index is 0.120. The van der Waals surface area contributed by atoms with Crippen LogP contribution in [0.4, 0.5) is 0 Å². The van der Waals surface area contributed by atoms with E-state index in [9.17, 15) is 8.42 Å². The van der Waals surface area contributed by atoms with Gasteiger partial charge in [-0.1, -0.05) is 46.3 Å². The topological polar surface area (TPSA) is 37.4 Å². The molecule has 1 unspecified atom stereocenters. The fraction of sp³-hybridized carbons (Fsp3) is 0.538. The molecule has 0 saturated carbocycles. The Bertz CT molecular complexity index is 475. The molecular formula is C13H18BrNO2S. The van der Waals surface area contributed by atoms with Gasteiger partial charge in [-0.3, -0.25) is 0 Å². The Morgan fingerprint density at radius 3 is 2.67 bits per heavy atom. The van der Waals surface area contributed by atoms with Gasteiger partial charge in [0, 0.05) is 18.4 Å². The first-order chi connectivity index (χ1) is 8.62. The second-order valence-electron chi connectivity index (χ2n) is 4.73. The van der Waals surface area contributed by atoms with Crippen LogP contribution in [0.1, 0.15) is 18.4 Å². The Morgan fingerprint density at radius 2 is 2.00 bits per heavy atom. The number of alkyl halides is 1. The van der Waals surface area contributed by atoms with Crippen molar-refractivity contribution in [1.82, 2.24) is 4.31 Å². The van der Waals surface area contributed by atoms with Crippen LogP contribution in [0, 0.1) is 5.92 Å². The van der Waals surface area contributed by atoms with E-state index in [1.54, 1.807) is 4.31 Å². The Morgan fingerprint density at radius 1 is 1.28 bits per heavy atom. The third kappa shape index (κ3) is 3.56. The molecule has 1 aliphatic heterocycles. The molecule has 100 valence electrons. The number of nitrogens with zero attached hydrogens (tertiary/aromatic N) is 1. The van der Waals surface area contributed by atoms with Crippen LogP contribution in [0.2, 0.25) is 0 Å². The molecule has 1 aromatic rings. The maximum Gasteiger partial charge on any atom is 0.218 e. The van der Waals surface area contributed by atoms with Gasteiger partial charge in [0.05, 0.1) is 5.75 Å². The summed E-state index contributed by atoms with van der Waals surface area (Å²) in [5, 5.41) is 0.949. The molecule has 0 amide bonds. The van der Waals surface area contributed by atoms with Crippen molar-refractivity contribution in [2.75, 3.05) is 18.4 Å². The van der Waals surface area contributed by atoms with Gasteiger partial charge in [0.15, 0.2) is 0 Å². The second kappa shape index (κ2) is 6.17. The highest BCUT2D eigenvalue weighted by Crippen LogP contribution is 2.24. The highest BCUT2D eigenvalue weighted by atomic mass is 79.9. The molecule has 0 bridgehead atoms. The molecule has 0 radical (unpaired) electrons. The number of hydrogen-bond acceptors (Lipinski definition) is 2. The fourth-order valence-corrected chi connectivity index (χ4v) is 4.58. The van der Waals surface area contributed by atoms with E-state index in [4.69, 9.17) is 0 Å². The summed E-state index contributed by atoms with van der Waals surface area (Å²) in [5.74, 6) is 0.629. The van der Waals surface area contributed by atoms with Crippen molar-refractivity contribution in [3.63, 3.8) is 0 Å². The van der Waals surface area contributed by atoms with Gasteiger partial charge < -0.3 is 0 Å². The summed E-state index contributed by atoms with van der Waals surface area (Å²) in [6.07, 6.45) is 2.04. The first kappa shape index (κ1) is 14.0. The summed E-state index contributed by atoms with van der Waals surface area (Å²) in [6, 6.07) is 9.39. The SMILES string of the molecule is O=S(=O)(Cc1ccccc1)N1CCC(CCBr)C1. The van der Waals surface area contributed by atoms with Gasteiger partial charge >= 0.3 is 0 Å². The van der Waals surface area contributed by atoms with Crippen molar-refractivity contribution in [3.8, 4) is 0 Å². The molecule has 5 heteroatoms. The Kier molecular flexibility index (Phi) is 4.81. The van der Waals surface area contributed by atoms with Gasteiger partial charge in [0.25, 0.3) is 0 Å². The molecule has 0 spiro atoms. The molecule has 1 heterocycles. The maximum atomic E-state index is 12.3. The van der Waals surface area contributed by atoms with Crippen LogP contribution in [0.15, 0.2) is 30.3 Å². The summed E-state index contributed by atoms with van der Waals surface area (Å²) in [5.41, 5.74) is 0.862. The zero-order chi connectivity index (χ0) is 13.0. The summed E-state index contributed by atoms with van der Waals surface area (Å²) >= 11 is 3.42. The Hall–Kier alpha value is -0.390. The third-order valence-corrected chi connectivity index (χ3v) is 5.63. The lowest BCUT2D eigenvalue weighted by atomic mass is 10.1. The van der Waals surface area contributed by atoms with E-state index in [0.29, 0.717) is 19.0 Å². The summed E-state index contributed by atoms with van der Waals surface area (Å²) in [7, 11) is -3.15. The molecule has 1 aliphatic rings. The molecule has 18 heavy (non-hydrogen) atoms. The van der Waals surface area contributed by atoms with Crippen molar-refractivity contribution in [1.29, 1.82) is 0 Å². The van der Waals surface area contributed by atoms with Crippen LogP contribution in [0.5, 0.6) is 0 Å². The molecule has 0 aromatic heterocycles. The second-order valence-corrected chi connectivity index (χ2v) is 7.49. The average Bonchev–Trinajstić information content (AvgIpc) is 2.80. The fourth-order valence-electron chi connectivity index (χ4n) is 2.32. The summed E-state index contributed by atoms with van der Waals surface area (Å²) in [4.78, 5) is 0. The Balaban J connectivity index is 2.00. The molecule has 1 fully saturated rings. The van der Waals surface area contributed by atoms with Crippen molar-refractivity contribution in [2.24, 2.45) is 5.92 Å². The van der Waals surface area contributed by atoms with Gasteiger partial charge in [0.2, 0.25) is 10.0 Å². The minimum Gasteiger partial charge on any atom is -0.212 e. The van der Waals surface area contributed by atoms with Crippen molar-refractivity contribution in [3.05, 3.63) is 35.9 Å². The monoisotopic (exact) mass is 331 g/mol. The van der Waals surface area contributed by atoms with Gasteiger partial charge in [-0.2, -0.15) is 0 Å². The molecule has 0 N–H and O–H groups in total. The molecule has 1 saturated heterocycles. The average molecular weight is 332 g/mol. The highest BCUT2D eigenvalue weighted by molar-refractivity contribution is 9.09. The van der Waals surface area contributed by atoms with Gasteiger partial charge in [-0.15, -0.1) is 0 Å². The standard InChI is InChI=1S/C13H18BrNO2S/c14-8-6-12-7-9-15(10-12)18(16,17)11-13-4-2-1-3-5-13/h1-5,12H,6-11H2. The first-order valence-corrected chi connectivity index (χ1v) is 8.92. The number of halogens is 1.